The van der Waals surface area contributed by atoms with Crippen molar-refractivity contribution in [2.24, 2.45) is 0 Å². The van der Waals surface area contributed by atoms with Crippen molar-refractivity contribution in [3.63, 3.8) is 0 Å². The summed E-state index contributed by atoms with van der Waals surface area (Å²) < 4.78 is 34.1. The number of carbonyl (C=O) groups excluding carboxylic acids is 1. The molecule has 0 bridgehead atoms. The second kappa shape index (κ2) is 12.5. The summed E-state index contributed by atoms with van der Waals surface area (Å²) in [6, 6.07) is 0. The van der Waals surface area contributed by atoms with E-state index in [1.54, 1.807) is 0 Å². The zero-order valence-corrected chi connectivity index (χ0v) is 13.5. The summed E-state index contributed by atoms with van der Waals surface area (Å²) in [5.74, 6) is -1.08. The third-order valence-electron chi connectivity index (χ3n) is 0. The fourth-order valence-electron chi connectivity index (χ4n) is 0. The van der Waals surface area contributed by atoms with Gasteiger partial charge in [-0.3, -0.25) is 8.42 Å². The first-order valence-electron chi connectivity index (χ1n) is 1.57. The molecule has 0 aliphatic carbocycles. The molecule has 0 heterocycles. The number of carboxylic acids is 1. The zero-order chi connectivity index (χ0) is 8.08. The van der Waals surface area contributed by atoms with Gasteiger partial charge in [0, 0.05) is 16.4 Å². The van der Waals surface area contributed by atoms with E-state index in [1.165, 1.54) is 0 Å². The van der Waals surface area contributed by atoms with Crippen LogP contribution in [0.4, 0.5) is 0 Å². The third kappa shape index (κ3) is 226. The molecule has 0 N–H and O–H groups in total. The molecule has 0 unspecified atom stereocenters. The fourth-order valence-corrected chi connectivity index (χ4v) is 0. The molecule has 0 saturated carbocycles. The van der Waals surface area contributed by atoms with Gasteiger partial charge in [0.1, 0.15) is 0 Å². The molecule has 0 aliphatic rings. The van der Waals surface area contributed by atoms with Crippen LogP contribution in [0.1, 0.15) is 6.92 Å². The van der Waals surface area contributed by atoms with Crippen molar-refractivity contribution in [2.45, 2.75) is 6.92 Å². The molecule has 6 nitrogen and oxygen atoms in total. The number of hydrogen-bond acceptors (Lipinski definition) is 6. The number of rotatable bonds is 0. The summed E-state index contributed by atoms with van der Waals surface area (Å²) >= 11 is 0. The molecule has 0 aromatic heterocycles. The van der Waals surface area contributed by atoms with Crippen LogP contribution in [-0.2, 0) is 15.2 Å². The Bertz CT molecular complexity index is 163. The van der Waals surface area contributed by atoms with Gasteiger partial charge >= 0.3 is 96.9 Å². The van der Waals surface area contributed by atoms with Crippen molar-refractivity contribution < 1.29 is 78.8 Å². The molecule has 0 spiro atoms. The van der Waals surface area contributed by atoms with Crippen LogP contribution in [0.5, 0.6) is 0 Å². The first-order chi connectivity index (χ1) is 3.73. The largest absolute Gasteiger partial charge is 2.00 e. The van der Waals surface area contributed by atoms with E-state index in [2.05, 4.69) is 0 Å². The third-order valence-corrected chi connectivity index (χ3v) is 0. The van der Waals surface area contributed by atoms with Gasteiger partial charge in [0.05, 0.1) is 0 Å². The van der Waals surface area contributed by atoms with Gasteiger partial charge in [-0.05, 0) is 6.92 Å². The van der Waals surface area contributed by atoms with Crippen molar-refractivity contribution in [3.8, 4) is 0 Å². The van der Waals surface area contributed by atoms with E-state index in [1.807, 2.05) is 0 Å². The predicted molar refractivity (Wildman–Crippen MR) is 26.9 cm³/mol. The number of hydrogen-bond donors (Lipinski definition) is 0. The van der Waals surface area contributed by atoms with Gasteiger partial charge in [-0.15, -0.1) is 0 Å². The number of carbonyl (C=O) groups is 1. The van der Waals surface area contributed by atoms with Crippen LogP contribution in [0.15, 0.2) is 0 Å². The minimum Gasteiger partial charge on any atom is -0.759 e. The Morgan fingerprint density at radius 3 is 1.27 bits per heavy atom. The molecule has 0 atom stereocenters. The Hall–Kier alpha value is 2.46. The van der Waals surface area contributed by atoms with E-state index in [0.717, 1.165) is 6.92 Å². The van der Waals surface area contributed by atoms with Crippen molar-refractivity contribution in [1.82, 2.24) is 0 Å². The van der Waals surface area contributed by atoms with Crippen molar-refractivity contribution in [1.29, 1.82) is 0 Å². The standard InChI is InChI=1S/C2H4O2.K.H2O4S.Sr/c1-2(3)4;;1-5(2,3)4;/h1H3,(H,3,4);;(H2,1,2,3,4);/q;+1;;+2/p-3. The number of aliphatic carboxylic acids is 1. The molecule has 0 amide bonds. The van der Waals surface area contributed by atoms with E-state index < -0.39 is 16.4 Å². The topological polar surface area (TPSA) is 120 Å². The summed E-state index contributed by atoms with van der Waals surface area (Å²) in [7, 11) is -5.17. The van der Waals surface area contributed by atoms with Crippen molar-refractivity contribution >= 4 is 61.8 Å². The monoisotopic (exact) mass is 282 g/mol. The maximum atomic E-state index is 8.89. The molecule has 9 heteroatoms. The summed E-state index contributed by atoms with van der Waals surface area (Å²) in [6.45, 7) is 0.972. The summed E-state index contributed by atoms with van der Waals surface area (Å²) in [4.78, 5) is 8.89. The molecule has 0 aromatic carbocycles. The molecule has 0 radical (unpaired) electrons. The normalized spacial score (nSPS) is 7.55. The minimum atomic E-state index is -5.17. The molecule has 0 aliphatic heterocycles. The molecular formula is C2H3KO6SSr. The first kappa shape index (κ1) is 23.3. The van der Waals surface area contributed by atoms with E-state index in [9.17, 15) is 0 Å². The van der Waals surface area contributed by atoms with Crippen LogP contribution in [0.2, 0.25) is 0 Å². The Kier molecular flexibility index (Phi) is 26.4. The van der Waals surface area contributed by atoms with Gasteiger partial charge in [-0.2, -0.15) is 0 Å². The van der Waals surface area contributed by atoms with E-state index >= 15 is 0 Å². The van der Waals surface area contributed by atoms with Gasteiger partial charge < -0.3 is 19.0 Å². The van der Waals surface area contributed by atoms with Crippen LogP contribution in [0.25, 0.3) is 0 Å². The molecule has 0 rings (SSSR count). The van der Waals surface area contributed by atoms with Gasteiger partial charge in [0.15, 0.2) is 0 Å². The molecular weight excluding hydrogens is 279 g/mol. The SMILES string of the molecule is CC(=O)[O-].O=S(=O)([O-])[O-].[K+].[Sr+2]. The van der Waals surface area contributed by atoms with Crippen LogP contribution in [0, 0.1) is 0 Å². The summed E-state index contributed by atoms with van der Waals surface area (Å²) in [6.07, 6.45) is 0. The smallest absolute Gasteiger partial charge is 0.759 e. The Morgan fingerprint density at radius 2 is 1.27 bits per heavy atom. The second-order valence-electron chi connectivity index (χ2n) is 0.900. The Morgan fingerprint density at radius 1 is 1.27 bits per heavy atom. The maximum Gasteiger partial charge on any atom is 2.00 e. The fraction of sp³-hybridized carbons (Fsp3) is 0.500. The molecule has 11 heavy (non-hydrogen) atoms. The number of carboxylic acid groups (broad SMARTS) is 1. The van der Waals surface area contributed by atoms with E-state index in [-0.39, 0.29) is 96.9 Å². The average molecular weight is 282 g/mol. The summed E-state index contributed by atoms with van der Waals surface area (Å²) in [5, 5.41) is 8.89. The Labute approximate surface area is 144 Å². The molecule has 0 aromatic rings. The van der Waals surface area contributed by atoms with Crippen LogP contribution in [0.3, 0.4) is 0 Å². The average Bonchev–Trinajstić information content (AvgIpc) is 1.19. The second-order valence-corrected chi connectivity index (χ2v) is 1.72. The maximum absolute atomic E-state index is 8.89. The Balaban J connectivity index is -0.0000000383. The van der Waals surface area contributed by atoms with Gasteiger partial charge in [-0.25, -0.2) is 0 Å². The quantitative estimate of drug-likeness (QED) is 0.248. The van der Waals surface area contributed by atoms with E-state index in [4.69, 9.17) is 27.4 Å². The first-order valence-corrected chi connectivity index (χ1v) is 2.91. The van der Waals surface area contributed by atoms with Gasteiger partial charge in [0.25, 0.3) is 0 Å². The molecule has 56 valence electrons. The minimum absolute atomic E-state index is 0. The summed E-state index contributed by atoms with van der Waals surface area (Å²) in [5.41, 5.74) is 0. The van der Waals surface area contributed by atoms with Crippen LogP contribution in [-0.4, -0.2) is 69.0 Å². The van der Waals surface area contributed by atoms with Gasteiger partial charge in [-0.1, -0.05) is 0 Å². The van der Waals surface area contributed by atoms with Crippen molar-refractivity contribution in [3.05, 3.63) is 0 Å². The van der Waals surface area contributed by atoms with E-state index in [0.29, 0.717) is 0 Å². The zero-order valence-electron chi connectivity index (χ0n) is 6.06. The van der Waals surface area contributed by atoms with Crippen molar-refractivity contribution in [2.75, 3.05) is 0 Å². The van der Waals surface area contributed by atoms with Crippen LogP contribution >= 0.6 is 0 Å². The van der Waals surface area contributed by atoms with Gasteiger partial charge in [0.2, 0.25) is 0 Å². The molecule has 0 fully saturated rings. The molecule has 0 saturated heterocycles. The van der Waals surface area contributed by atoms with Crippen LogP contribution < -0.4 is 56.5 Å². The predicted octanol–water partition coefficient (Wildman–Crippen LogP) is -5.96.